The number of nitrogens with zero attached hydrogens (tertiary/aromatic N) is 1. The van der Waals surface area contributed by atoms with Crippen molar-refractivity contribution in [3.63, 3.8) is 0 Å². The molecular formula is C18H29FN2. The summed E-state index contributed by atoms with van der Waals surface area (Å²) in [4.78, 5) is 2.53. The summed E-state index contributed by atoms with van der Waals surface area (Å²) in [5.74, 6) is 1.58. The Morgan fingerprint density at radius 1 is 1.24 bits per heavy atom. The molecule has 0 radical (unpaired) electrons. The number of hydrogen-bond donors (Lipinski definition) is 1. The molecule has 21 heavy (non-hydrogen) atoms. The van der Waals surface area contributed by atoms with Crippen molar-refractivity contribution in [2.24, 2.45) is 11.8 Å². The molecule has 2 nitrogen and oxygen atoms in total. The van der Waals surface area contributed by atoms with Gasteiger partial charge in [-0.05, 0) is 63.8 Å². The lowest BCUT2D eigenvalue weighted by atomic mass is 9.86. The summed E-state index contributed by atoms with van der Waals surface area (Å²) in [5, 5.41) is 3.26. The van der Waals surface area contributed by atoms with Gasteiger partial charge in [0.1, 0.15) is 5.82 Å². The average Bonchev–Trinajstić information content (AvgIpc) is 2.50. The summed E-state index contributed by atoms with van der Waals surface area (Å²) in [6.45, 7) is 8.09. The van der Waals surface area contributed by atoms with Gasteiger partial charge in [0.05, 0.1) is 0 Å². The van der Waals surface area contributed by atoms with E-state index in [0.29, 0.717) is 0 Å². The van der Waals surface area contributed by atoms with Gasteiger partial charge in [0.25, 0.3) is 0 Å². The van der Waals surface area contributed by atoms with Gasteiger partial charge in [-0.2, -0.15) is 0 Å². The maximum atomic E-state index is 13.9. The highest BCUT2D eigenvalue weighted by Crippen LogP contribution is 2.26. The van der Waals surface area contributed by atoms with Crippen LogP contribution in [-0.2, 0) is 0 Å². The number of benzene rings is 1. The van der Waals surface area contributed by atoms with Crippen LogP contribution in [0.1, 0.15) is 44.7 Å². The molecule has 0 spiro atoms. The summed E-state index contributed by atoms with van der Waals surface area (Å²) < 4.78 is 13.9. The smallest absolute Gasteiger partial charge is 0.127 e. The minimum absolute atomic E-state index is 0.102. The predicted molar refractivity (Wildman–Crippen MR) is 86.8 cm³/mol. The maximum absolute atomic E-state index is 13.9. The van der Waals surface area contributed by atoms with Crippen LogP contribution in [0.3, 0.4) is 0 Å². The molecule has 1 N–H and O–H groups in total. The number of piperidine rings is 1. The molecule has 1 fully saturated rings. The summed E-state index contributed by atoms with van der Waals surface area (Å²) >= 11 is 0. The van der Waals surface area contributed by atoms with Crippen molar-refractivity contribution in [3.8, 4) is 0 Å². The van der Waals surface area contributed by atoms with Crippen molar-refractivity contribution >= 4 is 0 Å². The first-order valence-electron chi connectivity index (χ1n) is 8.26. The second-order valence-corrected chi connectivity index (χ2v) is 6.57. The molecule has 1 heterocycles. The van der Waals surface area contributed by atoms with Crippen LogP contribution < -0.4 is 5.32 Å². The van der Waals surface area contributed by atoms with Gasteiger partial charge >= 0.3 is 0 Å². The van der Waals surface area contributed by atoms with Crippen LogP contribution in [0.15, 0.2) is 24.3 Å². The van der Waals surface area contributed by atoms with Crippen LogP contribution in [0.2, 0.25) is 0 Å². The van der Waals surface area contributed by atoms with E-state index in [1.54, 1.807) is 12.1 Å². The highest BCUT2D eigenvalue weighted by Gasteiger charge is 2.22. The minimum atomic E-state index is -0.102. The molecule has 118 valence electrons. The van der Waals surface area contributed by atoms with Gasteiger partial charge in [0.15, 0.2) is 0 Å². The van der Waals surface area contributed by atoms with Crippen molar-refractivity contribution in [2.75, 3.05) is 26.7 Å². The number of likely N-dealkylation sites (tertiary alicyclic amines) is 1. The van der Waals surface area contributed by atoms with Crippen LogP contribution in [0.25, 0.3) is 0 Å². The molecule has 0 saturated carbocycles. The summed E-state index contributed by atoms with van der Waals surface area (Å²) in [7, 11) is 1.92. The van der Waals surface area contributed by atoms with Crippen LogP contribution in [0.5, 0.6) is 0 Å². The second-order valence-electron chi connectivity index (χ2n) is 6.57. The SMILES string of the molecule is CNC(CCN1CCC(C(C)C)CC1)c1ccccc1F. The molecule has 1 aliphatic rings. The Labute approximate surface area is 128 Å². The van der Waals surface area contributed by atoms with Crippen molar-refractivity contribution in [2.45, 2.75) is 39.2 Å². The van der Waals surface area contributed by atoms with Crippen LogP contribution in [-0.4, -0.2) is 31.6 Å². The molecule has 1 saturated heterocycles. The molecule has 0 bridgehead atoms. The molecule has 1 unspecified atom stereocenters. The van der Waals surface area contributed by atoms with Gasteiger partial charge in [-0.1, -0.05) is 32.0 Å². The largest absolute Gasteiger partial charge is 0.313 e. The van der Waals surface area contributed by atoms with Crippen LogP contribution >= 0.6 is 0 Å². The Bertz CT molecular complexity index is 425. The fourth-order valence-corrected chi connectivity index (χ4v) is 3.37. The Balaban J connectivity index is 1.83. The van der Waals surface area contributed by atoms with Crippen LogP contribution in [0, 0.1) is 17.7 Å². The van der Waals surface area contributed by atoms with Gasteiger partial charge in [0, 0.05) is 11.6 Å². The highest BCUT2D eigenvalue weighted by molar-refractivity contribution is 5.21. The molecular weight excluding hydrogens is 263 g/mol. The number of rotatable bonds is 6. The lowest BCUT2D eigenvalue weighted by Gasteiger charge is -2.34. The number of halogens is 1. The van der Waals surface area contributed by atoms with Gasteiger partial charge in [-0.25, -0.2) is 4.39 Å². The van der Waals surface area contributed by atoms with Gasteiger partial charge in [-0.3, -0.25) is 0 Å². The third-order valence-electron chi connectivity index (χ3n) is 4.94. The second kappa shape index (κ2) is 7.90. The summed E-state index contributed by atoms with van der Waals surface area (Å²) in [6.07, 6.45) is 3.58. The molecule has 2 rings (SSSR count). The minimum Gasteiger partial charge on any atom is -0.313 e. The molecule has 1 aromatic rings. The first-order valence-corrected chi connectivity index (χ1v) is 8.26. The fourth-order valence-electron chi connectivity index (χ4n) is 3.37. The monoisotopic (exact) mass is 292 g/mol. The van der Waals surface area contributed by atoms with Crippen molar-refractivity contribution < 1.29 is 4.39 Å². The van der Waals surface area contributed by atoms with Crippen molar-refractivity contribution in [1.29, 1.82) is 0 Å². The topological polar surface area (TPSA) is 15.3 Å². The summed E-state index contributed by atoms with van der Waals surface area (Å²) in [5.41, 5.74) is 0.789. The Morgan fingerprint density at radius 3 is 2.48 bits per heavy atom. The Kier molecular flexibility index (Phi) is 6.19. The lowest BCUT2D eigenvalue weighted by molar-refractivity contribution is 0.152. The third kappa shape index (κ3) is 4.52. The normalized spacial score (nSPS) is 19.1. The molecule has 1 atom stereocenters. The van der Waals surface area contributed by atoms with Crippen molar-refractivity contribution in [1.82, 2.24) is 10.2 Å². The quantitative estimate of drug-likeness (QED) is 0.857. The van der Waals surface area contributed by atoms with Gasteiger partial charge < -0.3 is 10.2 Å². The zero-order valence-corrected chi connectivity index (χ0v) is 13.6. The molecule has 0 aromatic heterocycles. The van der Waals surface area contributed by atoms with Gasteiger partial charge in [0.2, 0.25) is 0 Å². The first kappa shape index (κ1) is 16.4. The standard InChI is InChI=1S/C18H29FN2/c1-14(2)15-8-11-21(12-9-15)13-10-18(20-3)16-6-4-5-7-17(16)19/h4-7,14-15,18,20H,8-13H2,1-3H3. The van der Waals surface area contributed by atoms with Crippen LogP contribution in [0.4, 0.5) is 4.39 Å². The zero-order valence-electron chi connectivity index (χ0n) is 13.6. The number of nitrogens with one attached hydrogen (secondary N) is 1. The van der Waals surface area contributed by atoms with E-state index >= 15 is 0 Å². The Morgan fingerprint density at radius 2 is 1.90 bits per heavy atom. The fraction of sp³-hybridized carbons (Fsp3) is 0.667. The molecule has 1 aromatic carbocycles. The van der Waals surface area contributed by atoms with E-state index < -0.39 is 0 Å². The third-order valence-corrected chi connectivity index (χ3v) is 4.94. The van der Waals surface area contributed by atoms with E-state index in [-0.39, 0.29) is 11.9 Å². The summed E-state index contributed by atoms with van der Waals surface area (Å²) in [6, 6.07) is 7.21. The Hall–Kier alpha value is -0.930. The zero-order chi connectivity index (χ0) is 15.2. The van der Waals surface area contributed by atoms with E-state index in [1.807, 2.05) is 19.2 Å². The van der Waals surface area contributed by atoms with E-state index in [2.05, 4.69) is 24.1 Å². The predicted octanol–water partition coefficient (Wildman–Crippen LogP) is 3.84. The number of hydrogen-bond acceptors (Lipinski definition) is 2. The highest BCUT2D eigenvalue weighted by atomic mass is 19.1. The van der Waals surface area contributed by atoms with Crippen molar-refractivity contribution in [3.05, 3.63) is 35.6 Å². The van der Waals surface area contributed by atoms with E-state index in [1.165, 1.54) is 25.9 Å². The average molecular weight is 292 g/mol. The van der Waals surface area contributed by atoms with E-state index in [9.17, 15) is 4.39 Å². The molecule has 1 aliphatic heterocycles. The molecule has 0 aliphatic carbocycles. The van der Waals surface area contributed by atoms with E-state index in [4.69, 9.17) is 0 Å². The van der Waals surface area contributed by atoms with Gasteiger partial charge in [-0.15, -0.1) is 0 Å². The molecule has 3 heteroatoms. The first-order chi connectivity index (χ1) is 10.1. The maximum Gasteiger partial charge on any atom is 0.127 e. The van der Waals surface area contributed by atoms with E-state index in [0.717, 1.165) is 30.4 Å². The lowest BCUT2D eigenvalue weighted by Crippen LogP contribution is -2.37. The molecule has 0 amide bonds.